The van der Waals surface area contributed by atoms with E-state index in [4.69, 9.17) is 18.7 Å². The quantitative estimate of drug-likeness (QED) is 0.544. The number of phenolic OH excluding ortho intramolecular Hbond substituents is 1. The molecule has 32 heavy (non-hydrogen) atoms. The van der Waals surface area contributed by atoms with E-state index < -0.39 is 0 Å². The molecular weight excluding hydrogens is 408 g/mol. The molecule has 1 N–H and O–H groups in total. The number of phenols is 1. The van der Waals surface area contributed by atoms with Crippen molar-refractivity contribution in [3.63, 3.8) is 0 Å². The first-order valence-electron chi connectivity index (χ1n) is 10.9. The number of ether oxygens (including phenoxy) is 3. The standard InChI is InChI=1S/C25H30N2O5/c1-29-22-11-9-18(14-25(22)31-3)23-15-19(26-32-23)20-7-5-4-6-12-27(20)16-17-8-10-21(28)24(13-17)30-2/h8-11,13-15,20,28H,4-7,12,16H2,1-3H3/t20-/m1/s1. The molecule has 7 heteroatoms. The van der Waals surface area contributed by atoms with Gasteiger partial charge in [-0.25, -0.2) is 0 Å². The fourth-order valence-electron chi connectivity index (χ4n) is 4.32. The van der Waals surface area contributed by atoms with E-state index >= 15 is 0 Å². The first-order chi connectivity index (χ1) is 15.6. The van der Waals surface area contributed by atoms with Gasteiger partial charge >= 0.3 is 0 Å². The van der Waals surface area contributed by atoms with Gasteiger partial charge in [-0.05, 0) is 55.3 Å². The molecule has 7 nitrogen and oxygen atoms in total. The second-order valence-corrected chi connectivity index (χ2v) is 8.03. The average molecular weight is 439 g/mol. The largest absolute Gasteiger partial charge is 0.504 e. The topological polar surface area (TPSA) is 77.2 Å². The molecule has 2 aromatic carbocycles. The zero-order valence-corrected chi connectivity index (χ0v) is 18.8. The smallest absolute Gasteiger partial charge is 0.167 e. The molecule has 0 unspecified atom stereocenters. The van der Waals surface area contributed by atoms with Gasteiger partial charge in [0.2, 0.25) is 0 Å². The Kier molecular flexibility index (Phi) is 6.85. The molecule has 1 atom stereocenters. The molecule has 2 heterocycles. The van der Waals surface area contributed by atoms with Crippen LogP contribution in [0, 0.1) is 0 Å². The summed E-state index contributed by atoms with van der Waals surface area (Å²) in [6.07, 6.45) is 4.52. The lowest BCUT2D eigenvalue weighted by Crippen LogP contribution is -2.28. The highest BCUT2D eigenvalue weighted by Gasteiger charge is 2.26. The molecule has 1 aliphatic rings. The molecular formula is C25H30N2O5. The summed E-state index contributed by atoms with van der Waals surface area (Å²) in [4.78, 5) is 2.44. The van der Waals surface area contributed by atoms with E-state index in [-0.39, 0.29) is 11.8 Å². The van der Waals surface area contributed by atoms with Crippen LogP contribution >= 0.6 is 0 Å². The lowest BCUT2D eigenvalue weighted by atomic mass is 10.0. The number of methoxy groups -OCH3 is 3. The molecule has 0 radical (unpaired) electrons. The summed E-state index contributed by atoms with van der Waals surface area (Å²) in [7, 11) is 4.81. The van der Waals surface area contributed by atoms with Crippen molar-refractivity contribution in [2.24, 2.45) is 0 Å². The Morgan fingerprint density at radius 2 is 1.75 bits per heavy atom. The molecule has 0 spiro atoms. The van der Waals surface area contributed by atoms with Crippen LogP contribution in [0.2, 0.25) is 0 Å². The maximum Gasteiger partial charge on any atom is 0.167 e. The maximum atomic E-state index is 9.92. The van der Waals surface area contributed by atoms with Crippen molar-refractivity contribution in [2.75, 3.05) is 27.9 Å². The molecule has 1 fully saturated rings. The third-order valence-electron chi connectivity index (χ3n) is 6.03. The molecule has 170 valence electrons. The predicted molar refractivity (Wildman–Crippen MR) is 121 cm³/mol. The van der Waals surface area contributed by atoms with Crippen molar-refractivity contribution in [1.29, 1.82) is 0 Å². The van der Waals surface area contributed by atoms with Crippen molar-refractivity contribution in [3.8, 4) is 34.3 Å². The fourth-order valence-corrected chi connectivity index (χ4v) is 4.32. The Morgan fingerprint density at radius 3 is 2.53 bits per heavy atom. The van der Waals surface area contributed by atoms with Gasteiger partial charge in [0, 0.05) is 18.2 Å². The zero-order chi connectivity index (χ0) is 22.5. The van der Waals surface area contributed by atoms with Gasteiger partial charge in [-0.15, -0.1) is 0 Å². The van der Waals surface area contributed by atoms with Gasteiger partial charge in [0.25, 0.3) is 0 Å². The molecule has 0 saturated carbocycles. The number of nitrogens with zero attached hydrogens (tertiary/aromatic N) is 2. The molecule has 1 aromatic heterocycles. The van der Waals surface area contributed by atoms with Gasteiger partial charge in [0.05, 0.1) is 27.4 Å². The number of aromatic hydroxyl groups is 1. The molecule has 3 aromatic rings. The summed E-state index contributed by atoms with van der Waals surface area (Å²) >= 11 is 0. The van der Waals surface area contributed by atoms with E-state index in [1.54, 1.807) is 27.4 Å². The molecule has 0 amide bonds. The van der Waals surface area contributed by atoms with Gasteiger partial charge in [-0.1, -0.05) is 24.1 Å². The van der Waals surface area contributed by atoms with Crippen LogP contribution in [0.4, 0.5) is 0 Å². The number of benzene rings is 2. The lowest BCUT2D eigenvalue weighted by Gasteiger charge is -2.28. The third-order valence-corrected chi connectivity index (χ3v) is 6.03. The Morgan fingerprint density at radius 1 is 0.938 bits per heavy atom. The number of hydrogen-bond acceptors (Lipinski definition) is 7. The van der Waals surface area contributed by atoms with Gasteiger partial charge in [0.1, 0.15) is 5.69 Å². The number of hydrogen-bond donors (Lipinski definition) is 1. The summed E-state index contributed by atoms with van der Waals surface area (Å²) in [6.45, 7) is 1.73. The Hall–Kier alpha value is -3.19. The fraction of sp³-hybridized carbons (Fsp3) is 0.400. The minimum atomic E-state index is 0.153. The van der Waals surface area contributed by atoms with Crippen LogP contribution in [0.25, 0.3) is 11.3 Å². The van der Waals surface area contributed by atoms with Gasteiger partial charge in [-0.3, -0.25) is 4.90 Å². The van der Waals surface area contributed by atoms with Crippen LogP contribution < -0.4 is 14.2 Å². The van der Waals surface area contributed by atoms with Crippen LogP contribution in [0.1, 0.15) is 43.0 Å². The minimum Gasteiger partial charge on any atom is -0.504 e. The zero-order valence-electron chi connectivity index (χ0n) is 18.8. The van der Waals surface area contributed by atoms with E-state index in [2.05, 4.69) is 10.1 Å². The maximum absolute atomic E-state index is 9.92. The van der Waals surface area contributed by atoms with Crippen molar-refractivity contribution < 1.29 is 23.8 Å². The SMILES string of the molecule is COc1cc(CN2CCCCC[C@@H]2c2cc(-c3ccc(OC)c(OC)c3)on2)ccc1O. The first kappa shape index (κ1) is 22.0. The summed E-state index contributed by atoms with van der Waals surface area (Å²) < 4.78 is 21.8. The summed E-state index contributed by atoms with van der Waals surface area (Å²) in [5.74, 6) is 2.68. The van der Waals surface area contributed by atoms with Crippen molar-refractivity contribution in [2.45, 2.75) is 38.3 Å². The molecule has 1 saturated heterocycles. The molecule has 1 aliphatic heterocycles. The molecule has 0 aliphatic carbocycles. The van der Waals surface area contributed by atoms with E-state index in [9.17, 15) is 5.11 Å². The second kappa shape index (κ2) is 9.96. The Labute approximate surface area is 188 Å². The van der Waals surface area contributed by atoms with Gasteiger partial charge in [0.15, 0.2) is 28.8 Å². The van der Waals surface area contributed by atoms with Crippen LogP contribution in [0.15, 0.2) is 47.0 Å². The average Bonchev–Trinajstić information content (AvgIpc) is 3.20. The lowest BCUT2D eigenvalue weighted by molar-refractivity contribution is 0.184. The molecule has 0 bridgehead atoms. The van der Waals surface area contributed by atoms with Crippen LogP contribution in [-0.2, 0) is 6.54 Å². The monoisotopic (exact) mass is 438 g/mol. The normalized spacial score (nSPS) is 17.0. The summed E-state index contributed by atoms with van der Waals surface area (Å²) in [6, 6.07) is 13.4. The van der Waals surface area contributed by atoms with E-state index in [0.29, 0.717) is 23.0 Å². The second-order valence-electron chi connectivity index (χ2n) is 8.03. The highest BCUT2D eigenvalue weighted by molar-refractivity contribution is 5.62. The van der Waals surface area contributed by atoms with Gasteiger partial charge < -0.3 is 23.8 Å². The predicted octanol–water partition coefficient (Wildman–Crippen LogP) is 5.19. The Bertz CT molecular complexity index is 1050. The van der Waals surface area contributed by atoms with Crippen LogP contribution in [0.3, 0.4) is 0 Å². The van der Waals surface area contributed by atoms with Crippen molar-refractivity contribution in [3.05, 3.63) is 53.7 Å². The van der Waals surface area contributed by atoms with Crippen molar-refractivity contribution in [1.82, 2.24) is 10.1 Å². The summed E-state index contributed by atoms with van der Waals surface area (Å²) in [5, 5.41) is 14.4. The third kappa shape index (κ3) is 4.67. The minimum absolute atomic E-state index is 0.153. The number of likely N-dealkylation sites (tertiary alicyclic amines) is 1. The first-order valence-corrected chi connectivity index (χ1v) is 10.9. The van der Waals surface area contributed by atoms with Crippen molar-refractivity contribution >= 4 is 0 Å². The van der Waals surface area contributed by atoms with Gasteiger partial charge in [-0.2, -0.15) is 0 Å². The highest BCUT2D eigenvalue weighted by Crippen LogP contribution is 2.36. The van der Waals surface area contributed by atoms with Crippen LogP contribution in [-0.4, -0.2) is 43.0 Å². The van der Waals surface area contributed by atoms with Crippen LogP contribution in [0.5, 0.6) is 23.0 Å². The van der Waals surface area contributed by atoms with E-state index in [1.165, 1.54) is 6.42 Å². The Balaban J connectivity index is 1.59. The number of aromatic nitrogens is 1. The number of rotatable bonds is 7. The summed E-state index contributed by atoms with van der Waals surface area (Å²) in [5.41, 5.74) is 2.92. The van der Waals surface area contributed by atoms with E-state index in [0.717, 1.165) is 49.2 Å². The van der Waals surface area contributed by atoms with E-state index in [1.807, 2.05) is 36.4 Å². The molecule has 4 rings (SSSR count). The highest BCUT2D eigenvalue weighted by atomic mass is 16.5.